The molecule has 2 heterocycles. The predicted molar refractivity (Wildman–Crippen MR) is 74.0 cm³/mol. The largest absolute Gasteiger partial charge is 0.480 e. The first kappa shape index (κ1) is 13.3. The van der Waals surface area contributed by atoms with Crippen LogP contribution in [0.25, 0.3) is 10.9 Å². The van der Waals surface area contributed by atoms with Gasteiger partial charge in [-0.15, -0.1) is 0 Å². The van der Waals surface area contributed by atoms with Crippen molar-refractivity contribution >= 4 is 22.6 Å². The highest BCUT2D eigenvalue weighted by Gasteiger charge is 2.19. The molecule has 2 aromatic heterocycles. The van der Waals surface area contributed by atoms with E-state index in [0.717, 1.165) is 16.6 Å². The number of aromatic nitrogens is 2. The Morgan fingerprint density at radius 1 is 1.37 bits per heavy atom. The normalized spacial score (nSPS) is 12.6. The zero-order valence-electron chi connectivity index (χ0n) is 11.0. The Hall–Kier alpha value is -2.17. The number of carboxylic acids is 1. The van der Waals surface area contributed by atoms with E-state index in [4.69, 9.17) is 0 Å². The van der Waals surface area contributed by atoms with Gasteiger partial charge in [0.2, 0.25) is 0 Å². The minimum atomic E-state index is -0.840. The van der Waals surface area contributed by atoms with Crippen molar-refractivity contribution in [1.29, 1.82) is 0 Å². The molecule has 19 heavy (non-hydrogen) atoms. The summed E-state index contributed by atoms with van der Waals surface area (Å²) in [6, 6.07) is 3.02. The molecule has 0 amide bonds. The lowest BCUT2D eigenvalue weighted by atomic mass is 10.0. The van der Waals surface area contributed by atoms with Gasteiger partial charge in [-0.1, -0.05) is 13.8 Å². The summed E-state index contributed by atoms with van der Waals surface area (Å²) >= 11 is 0. The van der Waals surface area contributed by atoms with Gasteiger partial charge in [-0.25, -0.2) is 4.79 Å². The van der Waals surface area contributed by atoms with Crippen LogP contribution in [0.3, 0.4) is 0 Å². The Balaban J connectivity index is 2.31. The van der Waals surface area contributed by atoms with Crippen LogP contribution in [0.4, 0.5) is 5.69 Å². The van der Waals surface area contributed by atoms with Crippen LogP contribution in [-0.4, -0.2) is 27.1 Å². The monoisotopic (exact) mass is 259 g/mol. The van der Waals surface area contributed by atoms with Crippen LogP contribution < -0.4 is 5.32 Å². The van der Waals surface area contributed by atoms with E-state index in [1.165, 1.54) is 0 Å². The molecule has 100 valence electrons. The van der Waals surface area contributed by atoms with Crippen molar-refractivity contribution < 1.29 is 9.90 Å². The van der Waals surface area contributed by atoms with Crippen molar-refractivity contribution in [2.75, 3.05) is 5.32 Å². The molecule has 0 unspecified atom stereocenters. The fourth-order valence-corrected chi connectivity index (χ4v) is 2.01. The smallest absolute Gasteiger partial charge is 0.326 e. The van der Waals surface area contributed by atoms with Crippen LogP contribution in [0.2, 0.25) is 0 Å². The predicted octanol–water partition coefficient (Wildman–Crippen LogP) is 2.54. The molecule has 0 spiro atoms. The maximum atomic E-state index is 11.3. The summed E-state index contributed by atoms with van der Waals surface area (Å²) in [5, 5.41) is 13.2. The number of rotatable bonds is 5. The van der Waals surface area contributed by atoms with Crippen molar-refractivity contribution in [3.63, 3.8) is 0 Å². The topological polar surface area (TPSA) is 75.1 Å². The molecule has 2 aromatic rings. The van der Waals surface area contributed by atoms with Crippen LogP contribution in [0.1, 0.15) is 20.3 Å². The SMILES string of the molecule is CC(C)C[C@H](Nc1ccnc2cnccc12)C(=O)O. The quantitative estimate of drug-likeness (QED) is 0.863. The molecular weight excluding hydrogens is 242 g/mol. The summed E-state index contributed by atoms with van der Waals surface area (Å²) in [5.41, 5.74) is 1.53. The number of fused-ring (bicyclic) bond motifs is 1. The van der Waals surface area contributed by atoms with Crippen LogP contribution in [0.5, 0.6) is 0 Å². The van der Waals surface area contributed by atoms with Crippen LogP contribution >= 0.6 is 0 Å². The molecule has 0 aromatic carbocycles. The molecule has 5 heteroatoms. The summed E-state index contributed by atoms with van der Waals surface area (Å²) in [6.07, 6.45) is 5.57. The second kappa shape index (κ2) is 5.65. The minimum Gasteiger partial charge on any atom is -0.480 e. The van der Waals surface area contributed by atoms with E-state index < -0.39 is 12.0 Å². The van der Waals surface area contributed by atoms with Gasteiger partial charge >= 0.3 is 5.97 Å². The third-order valence-electron chi connectivity index (χ3n) is 2.88. The highest BCUT2D eigenvalue weighted by atomic mass is 16.4. The fourth-order valence-electron chi connectivity index (χ4n) is 2.01. The van der Waals surface area contributed by atoms with Gasteiger partial charge in [0, 0.05) is 23.5 Å². The van der Waals surface area contributed by atoms with E-state index in [1.54, 1.807) is 24.7 Å². The lowest BCUT2D eigenvalue weighted by Crippen LogP contribution is -2.30. The lowest BCUT2D eigenvalue weighted by Gasteiger charge is -2.18. The van der Waals surface area contributed by atoms with Crippen molar-refractivity contribution in [2.24, 2.45) is 5.92 Å². The van der Waals surface area contributed by atoms with Crippen molar-refractivity contribution in [3.05, 3.63) is 30.7 Å². The van der Waals surface area contributed by atoms with Crippen molar-refractivity contribution in [2.45, 2.75) is 26.3 Å². The standard InChI is InChI=1S/C14H17N3O2/c1-9(2)7-12(14(18)19)17-11-4-6-16-13-8-15-5-3-10(11)13/h3-6,8-9,12H,7H2,1-2H3,(H,16,17)(H,18,19)/t12-/m0/s1. The second-order valence-electron chi connectivity index (χ2n) is 4.92. The number of nitrogens with zero attached hydrogens (tertiary/aromatic N) is 2. The number of pyridine rings is 2. The van der Waals surface area contributed by atoms with Gasteiger partial charge in [0.25, 0.3) is 0 Å². The summed E-state index contributed by atoms with van der Waals surface area (Å²) in [4.78, 5) is 19.5. The van der Waals surface area contributed by atoms with Gasteiger partial charge in [0.1, 0.15) is 6.04 Å². The van der Waals surface area contributed by atoms with E-state index in [2.05, 4.69) is 15.3 Å². The first-order chi connectivity index (χ1) is 9.08. The number of aliphatic carboxylic acids is 1. The highest BCUT2D eigenvalue weighted by molar-refractivity contribution is 5.92. The van der Waals surface area contributed by atoms with Crippen molar-refractivity contribution in [1.82, 2.24) is 9.97 Å². The molecule has 0 fully saturated rings. The van der Waals surface area contributed by atoms with Gasteiger partial charge in [0.05, 0.1) is 11.7 Å². The van der Waals surface area contributed by atoms with E-state index in [1.807, 2.05) is 19.9 Å². The molecule has 0 radical (unpaired) electrons. The van der Waals surface area contributed by atoms with Gasteiger partial charge in [-0.05, 0) is 24.5 Å². The van der Waals surface area contributed by atoms with Crippen LogP contribution in [0, 0.1) is 5.92 Å². The van der Waals surface area contributed by atoms with Crippen LogP contribution in [-0.2, 0) is 4.79 Å². The Labute approximate surface area is 111 Å². The van der Waals surface area contributed by atoms with Crippen LogP contribution in [0.15, 0.2) is 30.7 Å². The Kier molecular flexibility index (Phi) is 3.94. The molecule has 2 N–H and O–H groups in total. The molecule has 2 rings (SSSR count). The molecule has 0 saturated carbocycles. The number of carbonyl (C=O) groups is 1. The minimum absolute atomic E-state index is 0.309. The van der Waals surface area contributed by atoms with E-state index in [0.29, 0.717) is 12.3 Å². The summed E-state index contributed by atoms with van der Waals surface area (Å²) in [7, 11) is 0. The molecule has 1 atom stereocenters. The zero-order chi connectivity index (χ0) is 13.8. The summed E-state index contributed by atoms with van der Waals surface area (Å²) in [6.45, 7) is 4.01. The maximum Gasteiger partial charge on any atom is 0.326 e. The molecule has 5 nitrogen and oxygen atoms in total. The molecule has 0 aliphatic rings. The molecule has 0 saturated heterocycles. The third kappa shape index (κ3) is 3.19. The van der Waals surface area contributed by atoms with E-state index in [-0.39, 0.29) is 0 Å². The highest BCUT2D eigenvalue weighted by Crippen LogP contribution is 2.22. The molecule has 0 aliphatic heterocycles. The van der Waals surface area contributed by atoms with Gasteiger partial charge < -0.3 is 10.4 Å². The van der Waals surface area contributed by atoms with Gasteiger partial charge in [-0.3, -0.25) is 9.97 Å². The molecule has 0 aliphatic carbocycles. The number of carboxylic acid groups (broad SMARTS) is 1. The Morgan fingerprint density at radius 2 is 2.16 bits per heavy atom. The number of nitrogens with one attached hydrogen (secondary N) is 1. The maximum absolute atomic E-state index is 11.3. The van der Waals surface area contributed by atoms with E-state index >= 15 is 0 Å². The summed E-state index contributed by atoms with van der Waals surface area (Å²) in [5.74, 6) is -0.531. The summed E-state index contributed by atoms with van der Waals surface area (Å²) < 4.78 is 0. The Bertz CT molecular complexity index is 578. The fraction of sp³-hybridized carbons (Fsp3) is 0.357. The number of anilines is 1. The van der Waals surface area contributed by atoms with Gasteiger partial charge in [-0.2, -0.15) is 0 Å². The average Bonchev–Trinajstić information content (AvgIpc) is 2.37. The van der Waals surface area contributed by atoms with E-state index in [9.17, 15) is 9.90 Å². The second-order valence-corrected chi connectivity index (χ2v) is 4.92. The molecule has 0 bridgehead atoms. The zero-order valence-corrected chi connectivity index (χ0v) is 11.0. The first-order valence-corrected chi connectivity index (χ1v) is 6.26. The Morgan fingerprint density at radius 3 is 2.84 bits per heavy atom. The van der Waals surface area contributed by atoms with Gasteiger partial charge in [0.15, 0.2) is 0 Å². The molecular formula is C14H17N3O2. The number of hydrogen-bond acceptors (Lipinski definition) is 4. The van der Waals surface area contributed by atoms with Crippen molar-refractivity contribution in [3.8, 4) is 0 Å². The third-order valence-corrected chi connectivity index (χ3v) is 2.88. The average molecular weight is 259 g/mol. The first-order valence-electron chi connectivity index (χ1n) is 6.26. The lowest BCUT2D eigenvalue weighted by molar-refractivity contribution is -0.138. The number of hydrogen-bond donors (Lipinski definition) is 2.